The van der Waals surface area contributed by atoms with Gasteiger partial charge >= 0.3 is 0 Å². The number of aromatic nitrogens is 1. The lowest BCUT2D eigenvalue weighted by molar-refractivity contribution is -0.245. The second-order valence-electron chi connectivity index (χ2n) is 12.9. The van der Waals surface area contributed by atoms with Crippen LogP contribution in [0.5, 0.6) is 0 Å². The van der Waals surface area contributed by atoms with E-state index in [0.29, 0.717) is 17.9 Å². The Hall–Kier alpha value is -4.40. The molecule has 1 saturated heterocycles. The quantitative estimate of drug-likeness (QED) is 0.101. The molecule has 0 spiro atoms. The van der Waals surface area contributed by atoms with E-state index in [1.54, 1.807) is 47.4 Å². The number of carbonyl (C=O) groups excluding carboxylic acids is 1. The molecule has 272 valence electrons. The maximum Gasteiger partial charge on any atom is 0.242 e. The first-order chi connectivity index (χ1) is 25.7. The van der Waals surface area contributed by atoms with E-state index in [0.717, 1.165) is 42.4 Å². The number of hydrogen-bond donors (Lipinski definition) is 3. The minimum atomic E-state index is -3.98. The van der Waals surface area contributed by atoms with Crippen LogP contribution in [0.4, 0.5) is 5.69 Å². The van der Waals surface area contributed by atoms with Crippen LogP contribution < -0.4 is 10.0 Å². The number of carbonyl (C=O) groups is 1. The number of amides is 1. The lowest BCUT2D eigenvalue weighted by Gasteiger charge is -2.36. The van der Waals surface area contributed by atoms with E-state index in [2.05, 4.69) is 16.1 Å². The van der Waals surface area contributed by atoms with Gasteiger partial charge in [0.15, 0.2) is 10.6 Å². The van der Waals surface area contributed by atoms with Gasteiger partial charge in [-0.05, 0) is 66.4 Å². The number of aliphatic hydroxyl groups excluding tert-OH is 1. The average Bonchev–Trinajstić information content (AvgIpc) is 3.61. The Kier molecular flexibility index (Phi) is 11.7. The van der Waals surface area contributed by atoms with Crippen molar-refractivity contribution in [2.75, 3.05) is 11.1 Å². The van der Waals surface area contributed by atoms with E-state index in [-0.39, 0.29) is 30.1 Å². The number of nitrogens with one attached hydrogen (secondary N) is 2. The molecule has 0 bridgehead atoms. The third-order valence-corrected chi connectivity index (χ3v) is 12.8. The van der Waals surface area contributed by atoms with Crippen molar-refractivity contribution >= 4 is 54.9 Å². The van der Waals surface area contributed by atoms with Crippen molar-refractivity contribution < 1.29 is 27.8 Å². The van der Waals surface area contributed by atoms with Crippen molar-refractivity contribution in [3.8, 4) is 0 Å². The first-order valence-corrected chi connectivity index (χ1v) is 20.5. The molecule has 0 radical (unpaired) electrons. The predicted molar refractivity (Wildman–Crippen MR) is 209 cm³/mol. The molecular weight excluding hydrogens is 727 g/mol. The molecule has 1 fully saturated rings. The molecule has 2 heterocycles. The molecule has 7 rings (SSSR count). The Labute approximate surface area is 317 Å². The molecule has 1 amide bonds. The lowest BCUT2D eigenvalue weighted by atomic mass is 10.0. The summed E-state index contributed by atoms with van der Waals surface area (Å²) in [5.41, 5.74) is 5.82. The smallest absolute Gasteiger partial charge is 0.242 e. The standard InChI is InChI=1S/C41H39N3O6S3/c1-27-11-21-34(22-12-27)53(47,48)44-36(23-28-7-3-2-4-8-28)39(46)42-32-19-17-31(18-20-32)40-49-33(24-37(50-40)30-15-13-29(25-45)14-16-30)26-51-41-43-35-9-5-6-10-38(35)52-41/h2-22,33,36-37,40,44-45H,23-26H2,1H3,(H,42,46). The van der Waals surface area contributed by atoms with Crippen LogP contribution in [0.2, 0.25) is 0 Å². The Bertz CT molecular complexity index is 2210. The van der Waals surface area contributed by atoms with Gasteiger partial charge in [-0.15, -0.1) is 11.3 Å². The number of aryl methyl sites for hydroxylation is 1. The number of aliphatic hydroxyl groups is 1. The number of thiazole rings is 1. The number of sulfonamides is 1. The first kappa shape index (κ1) is 36.9. The van der Waals surface area contributed by atoms with Gasteiger partial charge in [-0.25, -0.2) is 13.4 Å². The van der Waals surface area contributed by atoms with Crippen molar-refractivity contribution in [2.45, 2.75) is 60.1 Å². The van der Waals surface area contributed by atoms with Crippen LogP contribution in [0.3, 0.4) is 0 Å². The molecular formula is C41H39N3O6S3. The first-order valence-electron chi connectivity index (χ1n) is 17.2. The monoisotopic (exact) mass is 765 g/mol. The highest BCUT2D eigenvalue weighted by molar-refractivity contribution is 8.01. The van der Waals surface area contributed by atoms with Crippen LogP contribution in [0, 0.1) is 6.92 Å². The van der Waals surface area contributed by atoms with Gasteiger partial charge in [-0.3, -0.25) is 4.79 Å². The average molecular weight is 766 g/mol. The molecule has 3 N–H and O–H groups in total. The maximum atomic E-state index is 13.7. The fraction of sp³-hybridized carbons (Fsp3) is 0.220. The highest BCUT2D eigenvalue weighted by atomic mass is 32.2. The molecule has 4 unspecified atom stereocenters. The molecule has 1 aliphatic rings. The second-order valence-corrected chi connectivity index (χ2v) is 16.9. The summed E-state index contributed by atoms with van der Waals surface area (Å²) in [6, 6.07) is 37.8. The molecule has 0 saturated carbocycles. The highest BCUT2D eigenvalue weighted by Gasteiger charge is 2.33. The van der Waals surface area contributed by atoms with Crippen LogP contribution in [-0.4, -0.2) is 42.3 Å². The molecule has 1 aromatic heterocycles. The number of fused-ring (bicyclic) bond motifs is 1. The summed E-state index contributed by atoms with van der Waals surface area (Å²) in [5, 5.41) is 12.5. The van der Waals surface area contributed by atoms with Crippen molar-refractivity contribution in [2.24, 2.45) is 0 Å². The SMILES string of the molecule is Cc1ccc(S(=O)(=O)NC(Cc2ccccc2)C(=O)Nc2ccc(C3OC(CSc4nc5ccccc5s4)CC(c4ccc(CO)cc4)O3)cc2)cc1. The molecule has 6 aromatic rings. The van der Waals surface area contributed by atoms with E-state index in [1.165, 1.54) is 12.1 Å². The summed E-state index contributed by atoms with van der Waals surface area (Å²) in [5.74, 6) is 0.196. The van der Waals surface area contributed by atoms with E-state index < -0.39 is 28.3 Å². The van der Waals surface area contributed by atoms with Crippen LogP contribution in [0.25, 0.3) is 10.2 Å². The number of para-hydroxylation sites is 1. The van der Waals surface area contributed by atoms with Gasteiger partial charge in [0.2, 0.25) is 15.9 Å². The summed E-state index contributed by atoms with van der Waals surface area (Å²) in [6.45, 7) is 1.85. The molecule has 9 nitrogen and oxygen atoms in total. The van der Waals surface area contributed by atoms with Crippen LogP contribution in [-0.2, 0) is 37.3 Å². The molecule has 12 heteroatoms. The zero-order chi connectivity index (χ0) is 36.8. The highest BCUT2D eigenvalue weighted by Crippen LogP contribution is 2.40. The van der Waals surface area contributed by atoms with Gasteiger partial charge in [0.05, 0.1) is 33.9 Å². The van der Waals surface area contributed by atoms with Crippen LogP contribution in [0.15, 0.2) is 137 Å². The largest absolute Gasteiger partial charge is 0.392 e. The van der Waals surface area contributed by atoms with Gasteiger partial charge in [-0.2, -0.15) is 4.72 Å². The summed E-state index contributed by atoms with van der Waals surface area (Å²) in [6.07, 6.45) is -0.266. The molecule has 5 aromatic carbocycles. The molecule has 0 aliphatic carbocycles. The molecule has 4 atom stereocenters. The number of nitrogens with zero attached hydrogens (tertiary/aromatic N) is 1. The van der Waals surface area contributed by atoms with Gasteiger partial charge in [-0.1, -0.05) is 108 Å². The predicted octanol–water partition coefficient (Wildman–Crippen LogP) is 7.96. The summed E-state index contributed by atoms with van der Waals surface area (Å²) in [4.78, 5) is 18.6. The summed E-state index contributed by atoms with van der Waals surface area (Å²) < 4.78 is 44.5. The molecule has 53 heavy (non-hydrogen) atoms. The minimum absolute atomic E-state index is 0.0342. The third kappa shape index (κ3) is 9.40. The normalized spacial score (nSPS) is 18.1. The Morgan fingerprint density at radius 2 is 1.57 bits per heavy atom. The second kappa shape index (κ2) is 16.7. The van der Waals surface area contributed by atoms with Gasteiger partial charge in [0.1, 0.15) is 6.04 Å². The Balaban J connectivity index is 1.07. The number of benzene rings is 5. The fourth-order valence-corrected chi connectivity index (χ4v) is 9.37. The van der Waals surface area contributed by atoms with E-state index in [1.807, 2.05) is 91.9 Å². The van der Waals surface area contributed by atoms with Crippen molar-refractivity contribution in [3.05, 3.63) is 155 Å². The lowest BCUT2D eigenvalue weighted by Crippen LogP contribution is -2.45. The minimum Gasteiger partial charge on any atom is -0.392 e. The summed E-state index contributed by atoms with van der Waals surface area (Å²) >= 11 is 3.33. The number of thioether (sulfide) groups is 1. The summed E-state index contributed by atoms with van der Waals surface area (Å²) in [7, 11) is -3.98. The van der Waals surface area contributed by atoms with Crippen molar-refractivity contribution in [1.29, 1.82) is 0 Å². The van der Waals surface area contributed by atoms with Crippen molar-refractivity contribution in [1.82, 2.24) is 9.71 Å². The third-order valence-electron chi connectivity index (χ3n) is 8.96. The van der Waals surface area contributed by atoms with E-state index >= 15 is 0 Å². The topological polar surface area (TPSA) is 127 Å². The maximum absolute atomic E-state index is 13.7. The van der Waals surface area contributed by atoms with E-state index in [4.69, 9.17) is 14.5 Å². The van der Waals surface area contributed by atoms with Crippen molar-refractivity contribution in [3.63, 3.8) is 0 Å². The zero-order valence-corrected chi connectivity index (χ0v) is 31.4. The van der Waals surface area contributed by atoms with Gasteiger partial charge in [0.25, 0.3) is 0 Å². The van der Waals surface area contributed by atoms with Gasteiger partial charge in [0, 0.05) is 23.4 Å². The molecule has 1 aliphatic heterocycles. The van der Waals surface area contributed by atoms with Crippen LogP contribution in [0.1, 0.15) is 46.6 Å². The van der Waals surface area contributed by atoms with Gasteiger partial charge < -0.3 is 19.9 Å². The number of hydrogen-bond acceptors (Lipinski definition) is 9. The Morgan fingerprint density at radius 1 is 0.868 bits per heavy atom. The number of rotatable bonds is 13. The number of anilines is 1. The fourth-order valence-electron chi connectivity index (χ4n) is 6.06. The van der Waals surface area contributed by atoms with Crippen LogP contribution >= 0.6 is 23.1 Å². The number of ether oxygens (including phenoxy) is 2. The zero-order valence-electron chi connectivity index (χ0n) is 28.9. The Morgan fingerprint density at radius 3 is 2.28 bits per heavy atom. The van der Waals surface area contributed by atoms with E-state index in [9.17, 15) is 18.3 Å².